The maximum atomic E-state index is 5.93. The van der Waals surface area contributed by atoms with E-state index >= 15 is 0 Å². The maximum absolute atomic E-state index is 5.93. The van der Waals surface area contributed by atoms with Crippen molar-refractivity contribution >= 4 is 40.8 Å². The van der Waals surface area contributed by atoms with Crippen molar-refractivity contribution in [3.8, 4) is 0 Å². The molecule has 0 fully saturated rings. The minimum absolute atomic E-state index is 0.00262. The summed E-state index contributed by atoms with van der Waals surface area (Å²) < 4.78 is 0. The Morgan fingerprint density at radius 1 is 0.735 bits per heavy atom. The van der Waals surface area contributed by atoms with Crippen LogP contribution in [0.2, 0.25) is 10.0 Å². The fraction of sp³-hybridized carbons (Fsp3) is 0.0333. The molecule has 4 heteroatoms. The van der Waals surface area contributed by atoms with E-state index in [1.165, 1.54) is 0 Å². The second kappa shape index (κ2) is 13.2. The van der Waals surface area contributed by atoms with Crippen LogP contribution < -0.4 is 5.32 Å². The van der Waals surface area contributed by atoms with Crippen LogP contribution in [0, 0.1) is 0 Å². The van der Waals surface area contributed by atoms with Crippen LogP contribution in [0.25, 0.3) is 0 Å². The highest BCUT2D eigenvalue weighted by molar-refractivity contribution is 6.30. The molecule has 0 bridgehead atoms. The van der Waals surface area contributed by atoms with E-state index in [4.69, 9.17) is 23.2 Å². The molecule has 0 saturated heterocycles. The monoisotopic (exact) mass is 484 g/mol. The molecule has 34 heavy (non-hydrogen) atoms. The predicted octanol–water partition coefficient (Wildman–Crippen LogP) is 9.33. The van der Waals surface area contributed by atoms with E-state index in [0.717, 1.165) is 38.1 Å². The highest BCUT2D eigenvalue weighted by atomic mass is 35.5. The van der Waals surface area contributed by atoms with Crippen molar-refractivity contribution in [1.29, 1.82) is 0 Å². The smallest absolute Gasteiger partial charge is 0.0761 e. The highest BCUT2D eigenvalue weighted by Gasteiger charge is 2.12. The Labute approximate surface area is 211 Å². The average molecular weight is 485 g/mol. The number of benzene rings is 4. The van der Waals surface area contributed by atoms with Gasteiger partial charge in [-0.2, -0.15) is 0 Å². The molecule has 2 nitrogen and oxygen atoms in total. The van der Waals surface area contributed by atoms with Crippen LogP contribution in [0.15, 0.2) is 139 Å². The SMILES string of the molecule is C=CC(=C)C(Nc1ccccc1)c1ccc(Cl)cc1.Clc1ccc(C=Nc2ccccc2)cc1. The van der Waals surface area contributed by atoms with Crippen molar-refractivity contribution in [2.24, 2.45) is 4.99 Å². The molecule has 0 saturated carbocycles. The lowest BCUT2D eigenvalue weighted by Crippen LogP contribution is -2.11. The summed E-state index contributed by atoms with van der Waals surface area (Å²) in [5.41, 5.74) is 5.07. The molecule has 0 aromatic heterocycles. The molecular formula is C30H26Cl2N2. The van der Waals surface area contributed by atoms with E-state index in [-0.39, 0.29) is 6.04 Å². The Balaban J connectivity index is 0.000000196. The van der Waals surface area contributed by atoms with Gasteiger partial charge in [0, 0.05) is 21.9 Å². The number of aliphatic imine (C=N–C) groups is 1. The lowest BCUT2D eigenvalue weighted by Gasteiger charge is -2.21. The Kier molecular flexibility index (Phi) is 9.72. The molecule has 0 aliphatic rings. The summed E-state index contributed by atoms with van der Waals surface area (Å²) in [7, 11) is 0. The van der Waals surface area contributed by atoms with Crippen LogP contribution in [0.5, 0.6) is 0 Å². The third kappa shape index (κ3) is 8.08. The van der Waals surface area contributed by atoms with E-state index in [0.29, 0.717) is 0 Å². The third-order valence-electron chi connectivity index (χ3n) is 4.91. The van der Waals surface area contributed by atoms with E-state index in [1.807, 2.05) is 115 Å². The molecule has 0 radical (unpaired) electrons. The largest absolute Gasteiger partial charge is 0.374 e. The Morgan fingerprint density at radius 2 is 1.26 bits per heavy atom. The first-order chi connectivity index (χ1) is 16.5. The Morgan fingerprint density at radius 3 is 1.82 bits per heavy atom. The number of para-hydroxylation sites is 2. The van der Waals surface area contributed by atoms with E-state index < -0.39 is 0 Å². The van der Waals surface area contributed by atoms with Gasteiger partial charge in [-0.25, -0.2) is 0 Å². The van der Waals surface area contributed by atoms with Gasteiger partial charge in [0.1, 0.15) is 0 Å². The van der Waals surface area contributed by atoms with Gasteiger partial charge in [0.2, 0.25) is 0 Å². The predicted molar refractivity (Wildman–Crippen MR) is 149 cm³/mol. The average Bonchev–Trinajstić information content (AvgIpc) is 2.89. The van der Waals surface area contributed by atoms with Gasteiger partial charge < -0.3 is 5.32 Å². The minimum atomic E-state index is -0.00262. The van der Waals surface area contributed by atoms with Gasteiger partial charge in [-0.3, -0.25) is 4.99 Å². The molecule has 0 amide bonds. The molecule has 1 N–H and O–H groups in total. The van der Waals surface area contributed by atoms with Gasteiger partial charge >= 0.3 is 0 Å². The summed E-state index contributed by atoms with van der Waals surface area (Å²) >= 11 is 11.7. The summed E-state index contributed by atoms with van der Waals surface area (Å²) in [4.78, 5) is 4.34. The fourth-order valence-corrected chi connectivity index (χ4v) is 3.33. The van der Waals surface area contributed by atoms with Crippen LogP contribution in [0.3, 0.4) is 0 Å². The number of halogens is 2. The van der Waals surface area contributed by atoms with Crippen LogP contribution >= 0.6 is 23.2 Å². The zero-order chi connectivity index (χ0) is 24.2. The highest BCUT2D eigenvalue weighted by Crippen LogP contribution is 2.27. The molecule has 170 valence electrons. The first-order valence-electron chi connectivity index (χ1n) is 10.8. The number of hydrogen-bond donors (Lipinski definition) is 1. The van der Waals surface area contributed by atoms with Crippen molar-refractivity contribution in [1.82, 2.24) is 0 Å². The summed E-state index contributed by atoms with van der Waals surface area (Å²) in [5, 5.41) is 4.92. The van der Waals surface area contributed by atoms with E-state index in [9.17, 15) is 0 Å². The van der Waals surface area contributed by atoms with Gasteiger partial charge in [0.05, 0.1) is 11.7 Å². The fourth-order valence-electron chi connectivity index (χ4n) is 3.08. The first-order valence-corrected chi connectivity index (χ1v) is 11.5. The maximum Gasteiger partial charge on any atom is 0.0761 e. The van der Waals surface area contributed by atoms with Gasteiger partial charge in [-0.05, 0) is 65.2 Å². The number of nitrogens with one attached hydrogen (secondary N) is 1. The van der Waals surface area contributed by atoms with Crippen molar-refractivity contribution in [3.63, 3.8) is 0 Å². The molecule has 4 rings (SSSR count). The summed E-state index contributed by atoms with van der Waals surface area (Å²) in [5.74, 6) is 0. The molecule has 1 unspecified atom stereocenters. The molecule has 4 aromatic carbocycles. The minimum Gasteiger partial charge on any atom is -0.374 e. The van der Waals surface area contributed by atoms with Gasteiger partial charge in [-0.15, -0.1) is 0 Å². The molecule has 0 heterocycles. The second-order valence-electron chi connectivity index (χ2n) is 7.42. The molecule has 0 aliphatic heterocycles. The lowest BCUT2D eigenvalue weighted by atomic mass is 9.99. The zero-order valence-corrected chi connectivity index (χ0v) is 20.3. The van der Waals surface area contributed by atoms with E-state index in [1.54, 1.807) is 6.08 Å². The molecule has 1 atom stereocenters. The topological polar surface area (TPSA) is 24.4 Å². The van der Waals surface area contributed by atoms with Crippen LogP contribution in [0.1, 0.15) is 17.2 Å². The van der Waals surface area contributed by atoms with Gasteiger partial charge in [0.25, 0.3) is 0 Å². The normalized spacial score (nSPS) is 11.2. The summed E-state index contributed by atoms with van der Waals surface area (Å²) in [6.45, 7) is 7.86. The molecule has 4 aromatic rings. The van der Waals surface area contributed by atoms with E-state index in [2.05, 4.69) is 23.5 Å². The summed E-state index contributed by atoms with van der Waals surface area (Å²) in [6, 6.07) is 35.2. The van der Waals surface area contributed by atoms with Gasteiger partial charge in [-0.1, -0.05) is 103 Å². The molecule has 0 spiro atoms. The number of nitrogens with zero attached hydrogens (tertiary/aromatic N) is 1. The van der Waals surface area contributed by atoms with Crippen LogP contribution in [-0.2, 0) is 0 Å². The lowest BCUT2D eigenvalue weighted by molar-refractivity contribution is 0.944. The quantitative estimate of drug-likeness (QED) is 0.205. The van der Waals surface area contributed by atoms with Crippen LogP contribution in [0.4, 0.5) is 11.4 Å². The number of hydrogen-bond acceptors (Lipinski definition) is 2. The zero-order valence-electron chi connectivity index (χ0n) is 18.7. The van der Waals surface area contributed by atoms with Crippen LogP contribution in [-0.4, -0.2) is 6.21 Å². The Bertz CT molecular complexity index is 1200. The van der Waals surface area contributed by atoms with Crippen molar-refractivity contribution in [3.05, 3.63) is 155 Å². The molecular weight excluding hydrogens is 459 g/mol. The van der Waals surface area contributed by atoms with Crippen molar-refractivity contribution < 1.29 is 0 Å². The van der Waals surface area contributed by atoms with Crippen molar-refractivity contribution in [2.75, 3.05) is 5.32 Å². The molecule has 0 aliphatic carbocycles. The van der Waals surface area contributed by atoms with Crippen molar-refractivity contribution in [2.45, 2.75) is 6.04 Å². The third-order valence-corrected chi connectivity index (χ3v) is 5.41. The standard InChI is InChI=1S/C17H16ClN.C13H10ClN/c1-3-13(2)17(14-9-11-15(18)12-10-14)19-16-7-5-4-6-8-16;14-12-8-6-11(7-9-12)10-15-13-4-2-1-3-5-13/h3-12,17,19H,1-2H2;1-10H. The second-order valence-corrected chi connectivity index (χ2v) is 8.29. The number of anilines is 1. The number of rotatable bonds is 7. The summed E-state index contributed by atoms with van der Waals surface area (Å²) in [6.07, 6.45) is 3.60. The first kappa shape index (κ1) is 25.0. The Hall–Kier alpha value is -3.59. The van der Waals surface area contributed by atoms with Gasteiger partial charge in [0.15, 0.2) is 0 Å².